The van der Waals surface area contributed by atoms with Crippen molar-refractivity contribution in [3.05, 3.63) is 0 Å². The third-order valence-electron chi connectivity index (χ3n) is 2.24. The van der Waals surface area contributed by atoms with Crippen LogP contribution >= 0.6 is 0 Å². The number of ether oxygens (including phenoxy) is 1. The van der Waals surface area contributed by atoms with Crippen LogP contribution in [0, 0.1) is 5.41 Å². The summed E-state index contributed by atoms with van der Waals surface area (Å²) in [5.41, 5.74) is 0.342. The van der Waals surface area contributed by atoms with Crippen molar-refractivity contribution in [2.75, 3.05) is 6.61 Å². The molecule has 72 valence electrons. The molecule has 0 bridgehead atoms. The van der Waals surface area contributed by atoms with Gasteiger partial charge in [0.05, 0.1) is 18.8 Å². The smallest absolute Gasteiger partial charge is 0.0810 e. The summed E-state index contributed by atoms with van der Waals surface area (Å²) in [6.45, 7) is 6.86. The van der Waals surface area contributed by atoms with Crippen LogP contribution < -0.4 is 0 Å². The van der Waals surface area contributed by atoms with Crippen molar-refractivity contribution in [1.29, 1.82) is 0 Å². The van der Waals surface area contributed by atoms with Crippen LogP contribution in [0.15, 0.2) is 0 Å². The Morgan fingerprint density at radius 1 is 1.25 bits per heavy atom. The first-order chi connectivity index (χ1) is 5.51. The zero-order valence-electron chi connectivity index (χ0n) is 8.34. The largest absolute Gasteiger partial charge is 0.394 e. The fourth-order valence-corrected chi connectivity index (χ4v) is 1.75. The van der Waals surface area contributed by atoms with Crippen molar-refractivity contribution in [1.82, 2.24) is 0 Å². The summed E-state index contributed by atoms with van der Waals surface area (Å²) in [5.74, 6) is 0. The summed E-state index contributed by atoms with van der Waals surface area (Å²) < 4.78 is 5.64. The molecule has 0 spiro atoms. The molecule has 1 saturated heterocycles. The van der Waals surface area contributed by atoms with E-state index in [-0.39, 0.29) is 12.7 Å². The quantitative estimate of drug-likeness (QED) is 0.690. The summed E-state index contributed by atoms with van der Waals surface area (Å²) in [6, 6.07) is 0. The Morgan fingerprint density at radius 3 is 2.25 bits per heavy atom. The molecule has 0 aromatic carbocycles. The summed E-state index contributed by atoms with van der Waals surface area (Å²) in [6.07, 6.45) is 3.72. The molecule has 2 atom stereocenters. The molecule has 2 unspecified atom stereocenters. The van der Waals surface area contributed by atoms with Gasteiger partial charge in [0.15, 0.2) is 0 Å². The van der Waals surface area contributed by atoms with Gasteiger partial charge in [-0.25, -0.2) is 0 Å². The standard InChI is InChI=1S/C10H20O2/c1-10(2,3)6-8-4-5-9(7-11)12-8/h8-9,11H,4-7H2,1-3H3. The molecule has 0 radical (unpaired) electrons. The van der Waals surface area contributed by atoms with Crippen LogP contribution in [0.4, 0.5) is 0 Å². The van der Waals surface area contributed by atoms with E-state index in [4.69, 9.17) is 9.84 Å². The second kappa shape index (κ2) is 3.75. The molecular weight excluding hydrogens is 152 g/mol. The molecule has 0 aromatic rings. The Hall–Kier alpha value is -0.0800. The molecule has 0 aliphatic carbocycles. The zero-order chi connectivity index (χ0) is 9.19. The fraction of sp³-hybridized carbons (Fsp3) is 1.00. The highest BCUT2D eigenvalue weighted by Crippen LogP contribution is 2.30. The molecule has 2 nitrogen and oxygen atoms in total. The van der Waals surface area contributed by atoms with Crippen molar-refractivity contribution in [2.24, 2.45) is 5.41 Å². The van der Waals surface area contributed by atoms with Gasteiger partial charge in [-0.2, -0.15) is 0 Å². The Kier molecular flexibility index (Phi) is 3.13. The molecule has 12 heavy (non-hydrogen) atoms. The monoisotopic (exact) mass is 172 g/mol. The molecule has 1 aliphatic rings. The van der Waals surface area contributed by atoms with Gasteiger partial charge in [-0.1, -0.05) is 20.8 Å². The van der Waals surface area contributed by atoms with Gasteiger partial charge in [0.1, 0.15) is 0 Å². The summed E-state index contributed by atoms with van der Waals surface area (Å²) >= 11 is 0. The summed E-state index contributed by atoms with van der Waals surface area (Å²) in [4.78, 5) is 0. The fourth-order valence-electron chi connectivity index (χ4n) is 1.75. The Labute approximate surface area is 74.9 Å². The van der Waals surface area contributed by atoms with E-state index < -0.39 is 0 Å². The van der Waals surface area contributed by atoms with Gasteiger partial charge in [-0.15, -0.1) is 0 Å². The van der Waals surface area contributed by atoms with Gasteiger partial charge < -0.3 is 9.84 Å². The maximum absolute atomic E-state index is 8.86. The van der Waals surface area contributed by atoms with E-state index in [0.717, 1.165) is 19.3 Å². The van der Waals surface area contributed by atoms with Gasteiger partial charge in [-0.05, 0) is 24.7 Å². The van der Waals surface area contributed by atoms with Gasteiger partial charge in [-0.3, -0.25) is 0 Å². The van der Waals surface area contributed by atoms with Crippen LogP contribution in [0.1, 0.15) is 40.0 Å². The SMILES string of the molecule is CC(C)(C)CC1CCC(CO)O1. The second-order valence-electron chi connectivity index (χ2n) is 4.90. The van der Waals surface area contributed by atoms with E-state index >= 15 is 0 Å². The van der Waals surface area contributed by atoms with Crippen LogP contribution in [0.25, 0.3) is 0 Å². The predicted molar refractivity (Wildman–Crippen MR) is 49.1 cm³/mol. The van der Waals surface area contributed by atoms with Crippen LogP contribution in [-0.2, 0) is 4.74 Å². The highest BCUT2D eigenvalue weighted by Gasteiger charge is 2.27. The minimum atomic E-state index is 0.109. The van der Waals surface area contributed by atoms with Crippen molar-refractivity contribution < 1.29 is 9.84 Å². The average molecular weight is 172 g/mol. The molecule has 0 amide bonds. The lowest BCUT2D eigenvalue weighted by molar-refractivity contribution is -0.00422. The van der Waals surface area contributed by atoms with Crippen molar-refractivity contribution in [3.8, 4) is 0 Å². The zero-order valence-corrected chi connectivity index (χ0v) is 8.34. The van der Waals surface area contributed by atoms with Crippen molar-refractivity contribution in [3.63, 3.8) is 0 Å². The molecule has 1 aliphatic heterocycles. The first-order valence-corrected chi connectivity index (χ1v) is 4.77. The van der Waals surface area contributed by atoms with Crippen LogP contribution in [0.2, 0.25) is 0 Å². The van der Waals surface area contributed by atoms with Gasteiger partial charge >= 0.3 is 0 Å². The first kappa shape index (κ1) is 10.0. The molecule has 1 rings (SSSR count). The van der Waals surface area contributed by atoms with Gasteiger partial charge in [0.2, 0.25) is 0 Å². The molecular formula is C10H20O2. The lowest BCUT2D eigenvalue weighted by Crippen LogP contribution is -2.19. The lowest BCUT2D eigenvalue weighted by atomic mass is 9.88. The van der Waals surface area contributed by atoms with E-state index in [1.807, 2.05) is 0 Å². The minimum absolute atomic E-state index is 0.109. The van der Waals surface area contributed by atoms with E-state index in [1.165, 1.54) is 0 Å². The minimum Gasteiger partial charge on any atom is -0.394 e. The van der Waals surface area contributed by atoms with E-state index in [0.29, 0.717) is 11.5 Å². The Balaban J connectivity index is 2.28. The normalized spacial score (nSPS) is 31.0. The van der Waals surface area contributed by atoms with E-state index in [9.17, 15) is 0 Å². The summed E-state index contributed by atoms with van der Waals surface area (Å²) in [5, 5.41) is 8.86. The molecule has 1 heterocycles. The van der Waals surface area contributed by atoms with Crippen LogP contribution in [0.5, 0.6) is 0 Å². The van der Waals surface area contributed by atoms with Crippen LogP contribution in [-0.4, -0.2) is 23.9 Å². The van der Waals surface area contributed by atoms with E-state index in [2.05, 4.69) is 20.8 Å². The third kappa shape index (κ3) is 3.11. The Bertz CT molecular complexity index is 137. The second-order valence-corrected chi connectivity index (χ2v) is 4.90. The van der Waals surface area contributed by atoms with Crippen LogP contribution in [0.3, 0.4) is 0 Å². The third-order valence-corrected chi connectivity index (χ3v) is 2.24. The molecule has 0 saturated carbocycles. The highest BCUT2D eigenvalue weighted by molar-refractivity contribution is 4.77. The maximum Gasteiger partial charge on any atom is 0.0810 e. The van der Waals surface area contributed by atoms with Gasteiger partial charge in [0, 0.05) is 0 Å². The molecule has 1 N–H and O–H groups in total. The van der Waals surface area contributed by atoms with Crippen molar-refractivity contribution in [2.45, 2.75) is 52.2 Å². The molecule has 1 fully saturated rings. The summed E-state index contributed by atoms with van der Waals surface area (Å²) in [7, 11) is 0. The number of rotatable bonds is 2. The Morgan fingerprint density at radius 2 is 1.83 bits per heavy atom. The topological polar surface area (TPSA) is 29.5 Å². The molecule has 0 aromatic heterocycles. The number of hydrogen-bond acceptors (Lipinski definition) is 2. The van der Waals surface area contributed by atoms with E-state index in [1.54, 1.807) is 0 Å². The molecule has 2 heteroatoms. The average Bonchev–Trinajstić information content (AvgIpc) is 2.32. The lowest BCUT2D eigenvalue weighted by Gasteiger charge is -2.22. The maximum atomic E-state index is 8.86. The number of aliphatic hydroxyl groups is 1. The van der Waals surface area contributed by atoms with Gasteiger partial charge in [0.25, 0.3) is 0 Å². The first-order valence-electron chi connectivity index (χ1n) is 4.77. The van der Waals surface area contributed by atoms with Crippen molar-refractivity contribution >= 4 is 0 Å². The predicted octanol–water partition coefficient (Wildman–Crippen LogP) is 1.96. The number of aliphatic hydroxyl groups excluding tert-OH is 1. The highest BCUT2D eigenvalue weighted by atomic mass is 16.5. The number of hydrogen-bond donors (Lipinski definition) is 1.